The Morgan fingerprint density at radius 1 is 1.43 bits per heavy atom. The summed E-state index contributed by atoms with van der Waals surface area (Å²) in [6, 6.07) is 7.06. The zero-order valence-corrected chi connectivity index (χ0v) is 12.9. The topological polar surface area (TPSA) is 74.2 Å². The molecule has 2 aromatic heterocycles. The predicted molar refractivity (Wildman–Crippen MR) is 87.5 cm³/mol. The van der Waals surface area contributed by atoms with Crippen LogP contribution in [0.15, 0.2) is 27.4 Å². The van der Waals surface area contributed by atoms with Gasteiger partial charge in [0, 0.05) is 30.6 Å². The van der Waals surface area contributed by atoms with Gasteiger partial charge in [0.25, 0.3) is 5.56 Å². The number of likely N-dealkylation sites (tertiary alicyclic amines) is 1. The first-order valence-electron chi connectivity index (χ1n) is 8.07. The molecule has 23 heavy (non-hydrogen) atoms. The maximum atomic E-state index is 12.4. The molecule has 6 heteroatoms. The summed E-state index contributed by atoms with van der Waals surface area (Å²) >= 11 is 0. The standard InChI is InChI=1S/C17H18N4O2/c1-9-2-3-13-12(4-9)15-16(23-13)17(22)20-14(19-15)8-21-7-10-5-11(21)6-18-10/h2-4,10-11,18H,5-8H2,1H3,(H,19,20,22)/t10-,11-/m0/s1. The van der Waals surface area contributed by atoms with Gasteiger partial charge in [0.15, 0.2) is 0 Å². The molecule has 2 aliphatic heterocycles. The molecule has 0 unspecified atom stereocenters. The fraction of sp³-hybridized carbons (Fsp3) is 0.412. The third-order valence-corrected chi connectivity index (χ3v) is 5.05. The lowest BCUT2D eigenvalue weighted by molar-refractivity contribution is 0.213. The van der Waals surface area contributed by atoms with Gasteiger partial charge in [-0.25, -0.2) is 4.98 Å². The molecule has 0 aliphatic carbocycles. The van der Waals surface area contributed by atoms with Crippen LogP contribution in [0.25, 0.3) is 22.1 Å². The second kappa shape index (κ2) is 4.66. The van der Waals surface area contributed by atoms with E-state index in [1.165, 1.54) is 6.42 Å². The van der Waals surface area contributed by atoms with Gasteiger partial charge in [-0.2, -0.15) is 0 Å². The van der Waals surface area contributed by atoms with E-state index in [0.29, 0.717) is 35.3 Å². The minimum absolute atomic E-state index is 0.193. The van der Waals surface area contributed by atoms with Crippen LogP contribution in [0.2, 0.25) is 0 Å². The first kappa shape index (κ1) is 13.3. The van der Waals surface area contributed by atoms with Crippen LogP contribution in [0.3, 0.4) is 0 Å². The van der Waals surface area contributed by atoms with E-state index in [4.69, 9.17) is 9.40 Å². The second-order valence-corrected chi connectivity index (χ2v) is 6.72. The van der Waals surface area contributed by atoms with Gasteiger partial charge >= 0.3 is 0 Å². The number of benzene rings is 1. The Morgan fingerprint density at radius 3 is 3.13 bits per heavy atom. The lowest BCUT2D eigenvalue weighted by Crippen LogP contribution is -2.43. The minimum Gasteiger partial charge on any atom is -0.449 e. The Morgan fingerprint density at radius 2 is 2.35 bits per heavy atom. The van der Waals surface area contributed by atoms with Gasteiger partial charge in [0.1, 0.15) is 16.9 Å². The van der Waals surface area contributed by atoms with Crippen molar-refractivity contribution in [2.45, 2.75) is 32.0 Å². The average Bonchev–Trinajstić information content (AvgIpc) is 3.21. The van der Waals surface area contributed by atoms with Crippen LogP contribution >= 0.6 is 0 Å². The molecule has 2 bridgehead atoms. The van der Waals surface area contributed by atoms with Crippen LogP contribution in [0.5, 0.6) is 0 Å². The molecule has 0 amide bonds. The fourth-order valence-corrected chi connectivity index (χ4v) is 3.92. The van der Waals surface area contributed by atoms with E-state index < -0.39 is 0 Å². The third-order valence-electron chi connectivity index (χ3n) is 5.05. The van der Waals surface area contributed by atoms with Gasteiger partial charge in [0.05, 0.1) is 6.54 Å². The predicted octanol–water partition coefficient (Wildman–Crippen LogP) is 1.52. The highest BCUT2D eigenvalue weighted by molar-refractivity contribution is 6.02. The van der Waals surface area contributed by atoms with Crippen molar-refractivity contribution >= 4 is 22.1 Å². The molecule has 3 aromatic rings. The molecule has 5 rings (SSSR count). The SMILES string of the molecule is Cc1ccc2oc3c(=O)[nH]c(CN4C[C@@H]5C[C@H]4CN5)nc3c2c1. The molecule has 0 radical (unpaired) electrons. The van der Waals surface area contributed by atoms with Crippen LogP contribution in [-0.2, 0) is 6.54 Å². The molecule has 2 N–H and O–H groups in total. The minimum atomic E-state index is -0.193. The number of rotatable bonds is 2. The summed E-state index contributed by atoms with van der Waals surface area (Å²) in [4.78, 5) is 22.4. The third kappa shape index (κ3) is 2.02. The monoisotopic (exact) mass is 310 g/mol. The summed E-state index contributed by atoms with van der Waals surface area (Å²) in [5.41, 5.74) is 2.64. The van der Waals surface area contributed by atoms with Gasteiger partial charge < -0.3 is 14.7 Å². The molecular formula is C17H18N4O2. The molecule has 2 aliphatic rings. The molecule has 0 saturated carbocycles. The smallest absolute Gasteiger partial charge is 0.294 e. The molecule has 2 atom stereocenters. The molecule has 0 spiro atoms. The quantitative estimate of drug-likeness (QED) is 0.751. The molecular weight excluding hydrogens is 292 g/mol. The number of hydrogen-bond donors (Lipinski definition) is 2. The van der Waals surface area contributed by atoms with E-state index in [9.17, 15) is 4.79 Å². The summed E-state index contributed by atoms with van der Waals surface area (Å²) in [7, 11) is 0. The molecule has 6 nitrogen and oxygen atoms in total. The van der Waals surface area contributed by atoms with Gasteiger partial charge in [-0.1, -0.05) is 11.6 Å². The van der Waals surface area contributed by atoms with Crippen LogP contribution in [-0.4, -0.2) is 40.0 Å². The Kier molecular flexibility index (Phi) is 2.69. The number of furan rings is 1. The van der Waals surface area contributed by atoms with Crippen molar-refractivity contribution in [3.8, 4) is 0 Å². The van der Waals surface area contributed by atoms with Crippen molar-refractivity contribution in [2.75, 3.05) is 13.1 Å². The molecule has 2 saturated heterocycles. The number of piperazine rings is 1. The van der Waals surface area contributed by atoms with E-state index in [0.717, 1.165) is 29.9 Å². The van der Waals surface area contributed by atoms with Crippen molar-refractivity contribution in [2.24, 2.45) is 0 Å². The number of hydrogen-bond acceptors (Lipinski definition) is 5. The number of nitrogens with zero attached hydrogens (tertiary/aromatic N) is 2. The molecule has 118 valence electrons. The van der Waals surface area contributed by atoms with Crippen molar-refractivity contribution in [3.05, 3.63) is 39.9 Å². The Balaban J connectivity index is 1.61. The Hall–Kier alpha value is -2.18. The largest absolute Gasteiger partial charge is 0.449 e. The number of fused-ring (bicyclic) bond motifs is 5. The van der Waals surface area contributed by atoms with Gasteiger partial charge in [0.2, 0.25) is 5.58 Å². The highest BCUT2D eigenvalue weighted by Crippen LogP contribution is 2.27. The number of nitrogens with one attached hydrogen (secondary N) is 2. The van der Waals surface area contributed by atoms with Gasteiger partial charge in [-0.05, 0) is 25.5 Å². The summed E-state index contributed by atoms with van der Waals surface area (Å²) in [5, 5.41) is 4.40. The first-order valence-corrected chi connectivity index (χ1v) is 8.07. The van der Waals surface area contributed by atoms with Crippen LogP contribution in [0.4, 0.5) is 0 Å². The normalized spacial score (nSPS) is 24.2. The van der Waals surface area contributed by atoms with E-state index in [1.807, 2.05) is 25.1 Å². The Labute approximate surface area is 132 Å². The highest BCUT2D eigenvalue weighted by atomic mass is 16.3. The molecule has 4 heterocycles. The van der Waals surface area contributed by atoms with Crippen LogP contribution in [0, 0.1) is 6.92 Å². The van der Waals surface area contributed by atoms with E-state index in [-0.39, 0.29) is 5.56 Å². The van der Waals surface area contributed by atoms with Gasteiger partial charge in [-0.15, -0.1) is 0 Å². The van der Waals surface area contributed by atoms with Crippen molar-refractivity contribution in [1.82, 2.24) is 20.2 Å². The van der Waals surface area contributed by atoms with E-state index >= 15 is 0 Å². The summed E-state index contributed by atoms with van der Waals surface area (Å²) in [6.07, 6.45) is 1.19. The Bertz CT molecular complexity index is 974. The van der Waals surface area contributed by atoms with Crippen molar-refractivity contribution in [3.63, 3.8) is 0 Å². The highest BCUT2D eigenvalue weighted by Gasteiger charge is 2.37. The van der Waals surface area contributed by atoms with Gasteiger partial charge in [-0.3, -0.25) is 9.69 Å². The number of aromatic nitrogens is 2. The maximum Gasteiger partial charge on any atom is 0.294 e. The summed E-state index contributed by atoms with van der Waals surface area (Å²) in [5.74, 6) is 0.722. The number of aromatic amines is 1. The lowest BCUT2D eigenvalue weighted by atomic mass is 10.2. The molecule has 2 fully saturated rings. The second-order valence-electron chi connectivity index (χ2n) is 6.72. The van der Waals surface area contributed by atoms with Crippen molar-refractivity contribution < 1.29 is 4.42 Å². The van der Waals surface area contributed by atoms with Crippen LogP contribution < -0.4 is 10.9 Å². The zero-order chi connectivity index (χ0) is 15.6. The van der Waals surface area contributed by atoms with Crippen LogP contribution in [0.1, 0.15) is 17.8 Å². The fourth-order valence-electron chi connectivity index (χ4n) is 3.92. The zero-order valence-electron chi connectivity index (χ0n) is 12.9. The summed E-state index contributed by atoms with van der Waals surface area (Å²) < 4.78 is 5.68. The van der Waals surface area contributed by atoms with E-state index in [2.05, 4.69) is 15.2 Å². The molecule has 1 aromatic carbocycles. The number of H-pyrrole nitrogens is 1. The summed E-state index contributed by atoms with van der Waals surface area (Å²) in [6.45, 7) is 4.77. The number of aryl methyl sites for hydroxylation is 1. The maximum absolute atomic E-state index is 12.4. The lowest BCUT2D eigenvalue weighted by Gasteiger charge is -2.26. The average molecular weight is 310 g/mol. The van der Waals surface area contributed by atoms with Crippen molar-refractivity contribution in [1.29, 1.82) is 0 Å². The van der Waals surface area contributed by atoms with E-state index in [1.54, 1.807) is 0 Å². The first-order chi connectivity index (χ1) is 11.2.